The summed E-state index contributed by atoms with van der Waals surface area (Å²) in [5, 5.41) is 4.23. The standard InChI is InChI=1S/C16H27NO2S/c1-6-12(3)20-11-15(17-7-2)14-9-8-13(18-4)10-16(14)19-5/h8-10,12,15,17H,6-7,11H2,1-5H3. The highest BCUT2D eigenvalue weighted by Crippen LogP contribution is 2.32. The maximum absolute atomic E-state index is 5.52. The summed E-state index contributed by atoms with van der Waals surface area (Å²) in [5.41, 5.74) is 1.20. The van der Waals surface area contributed by atoms with E-state index in [0.29, 0.717) is 11.3 Å². The van der Waals surface area contributed by atoms with Gasteiger partial charge in [0.1, 0.15) is 11.5 Å². The van der Waals surface area contributed by atoms with E-state index in [0.717, 1.165) is 23.8 Å². The van der Waals surface area contributed by atoms with E-state index < -0.39 is 0 Å². The number of hydrogen-bond donors (Lipinski definition) is 1. The van der Waals surface area contributed by atoms with Crippen molar-refractivity contribution in [2.24, 2.45) is 0 Å². The lowest BCUT2D eigenvalue weighted by Crippen LogP contribution is -2.24. The van der Waals surface area contributed by atoms with Gasteiger partial charge in [-0.05, 0) is 19.0 Å². The highest BCUT2D eigenvalue weighted by molar-refractivity contribution is 7.99. The quantitative estimate of drug-likeness (QED) is 0.749. The van der Waals surface area contributed by atoms with Crippen LogP contribution in [-0.2, 0) is 0 Å². The van der Waals surface area contributed by atoms with Crippen molar-refractivity contribution in [3.8, 4) is 11.5 Å². The van der Waals surface area contributed by atoms with Crippen molar-refractivity contribution in [3.05, 3.63) is 23.8 Å². The molecule has 3 nitrogen and oxygen atoms in total. The van der Waals surface area contributed by atoms with Gasteiger partial charge in [0, 0.05) is 28.7 Å². The van der Waals surface area contributed by atoms with Gasteiger partial charge in [0.2, 0.25) is 0 Å². The molecule has 1 N–H and O–H groups in total. The predicted octanol–water partition coefficient (Wildman–Crippen LogP) is 3.89. The van der Waals surface area contributed by atoms with E-state index in [-0.39, 0.29) is 0 Å². The molecule has 1 aromatic rings. The summed E-state index contributed by atoms with van der Waals surface area (Å²) < 4.78 is 10.8. The van der Waals surface area contributed by atoms with Crippen LogP contribution in [-0.4, -0.2) is 31.8 Å². The second-order valence-electron chi connectivity index (χ2n) is 4.77. The number of ether oxygens (including phenoxy) is 2. The third kappa shape index (κ3) is 4.91. The van der Waals surface area contributed by atoms with Gasteiger partial charge in [-0.3, -0.25) is 0 Å². The van der Waals surface area contributed by atoms with Gasteiger partial charge in [0.05, 0.1) is 14.2 Å². The number of nitrogens with one attached hydrogen (secondary N) is 1. The van der Waals surface area contributed by atoms with Crippen LogP contribution < -0.4 is 14.8 Å². The van der Waals surface area contributed by atoms with Crippen molar-refractivity contribution in [2.45, 2.75) is 38.5 Å². The summed E-state index contributed by atoms with van der Waals surface area (Å²) in [6, 6.07) is 6.35. The molecule has 2 atom stereocenters. The zero-order valence-electron chi connectivity index (χ0n) is 13.2. The Morgan fingerprint density at radius 3 is 2.50 bits per heavy atom. The molecule has 0 aliphatic heterocycles. The summed E-state index contributed by atoms with van der Waals surface area (Å²) in [7, 11) is 3.39. The van der Waals surface area contributed by atoms with E-state index in [2.05, 4.69) is 32.2 Å². The van der Waals surface area contributed by atoms with E-state index in [9.17, 15) is 0 Å². The topological polar surface area (TPSA) is 30.5 Å². The molecule has 0 fully saturated rings. The zero-order valence-corrected chi connectivity index (χ0v) is 14.0. The predicted molar refractivity (Wildman–Crippen MR) is 88.2 cm³/mol. The van der Waals surface area contributed by atoms with Crippen molar-refractivity contribution in [2.75, 3.05) is 26.5 Å². The number of thioether (sulfide) groups is 1. The Kier molecular flexibility index (Phi) is 7.85. The molecule has 0 spiro atoms. The lowest BCUT2D eigenvalue weighted by Gasteiger charge is -2.22. The van der Waals surface area contributed by atoms with Crippen molar-refractivity contribution in [3.63, 3.8) is 0 Å². The van der Waals surface area contributed by atoms with Gasteiger partial charge in [-0.25, -0.2) is 0 Å². The molecule has 0 radical (unpaired) electrons. The van der Waals surface area contributed by atoms with E-state index >= 15 is 0 Å². The molecule has 2 unspecified atom stereocenters. The van der Waals surface area contributed by atoms with Gasteiger partial charge < -0.3 is 14.8 Å². The van der Waals surface area contributed by atoms with Crippen molar-refractivity contribution < 1.29 is 9.47 Å². The zero-order chi connectivity index (χ0) is 15.0. The number of benzene rings is 1. The lowest BCUT2D eigenvalue weighted by molar-refractivity contribution is 0.386. The van der Waals surface area contributed by atoms with Gasteiger partial charge in [-0.1, -0.05) is 26.8 Å². The van der Waals surface area contributed by atoms with Crippen molar-refractivity contribution in [1.29, 1.82) is 0 Å². The van der Waals surface area contributed by atoms with E-state index in [4.69, 9.17) is 9.47 Å². The first-order valence-corrected chi connectivity index (χ1v) is 8.27. The number of methoxy groups -OCH3 is 2. The van der Waals surface area contributed by atoms with Gasteiger partial charge in [-0.2, -0.15) is 11.8 Å². The van der Waals surface area contributed by atoms with Crippen LogP contribution in [0.25, 0.3) is 0 Å². The van der Waals surface area contributed by atoms with Gasteiger partial charge in [0.25, 0.3) is 0 Å². The van der Waals surface area contributed by atoms with Crippen LogP contribution >= 0.6 is 11.8 Å². The molecule has 0 bridgehead atoms. The molecule has 0 saturated heterocycles. The van der Waals surface area contributed by atoms with Crippen LogP contribution in [0.1, 0.15) is 38.8 Å². The molecule has 1 aromatic carbocycles. The molecule has 0 amide bonds. The third-order valence-corrected chi connectivity index (χ3v) is 4.82. The Hall–Kier alpha value is -0.870. The Morgan fingerprint density at radius 1 is 1.20 bits per heavy atom. The summed E-state index contributed by atoms with van der Waals surface area (Å²) >= 11 is 2.00. The number of hydrogen-bond acceptors (Lipinski definition) is 4. The molecule has 1 rings (SSSR count). The van der Waals surface area contributed by atoms with E-state index in [1.165, 1.54) is 12.0 Å². The molecular weight excluding hydrogens is 270 g/mol. The second-order valence-corrected chi connectivity index (χ2v) is 6.24. The first kappa shape index (κ1) is 17.2. The monoisotopic (exact) mass is 297 g/mol. The summed E-state index contributed by atoms with van der Waals surface area (Å²) in [4.78, 5) is 0. The minimum atomic E-state index is 0.305. The van der Waals surface area contributed by atoms with Gasteiger partial charge >= 0.3 is 0 Å². The average Bonchev–Trinajstić information content (AvgIpc) is 2.50. The Labute approximate surface area is 127 Å². The lowest BCUT2D eigenvalue weighted by atomic mass is 10.1. The molecule has 20 heavy (non-hydrogen) atoms. The van der Waals surface area contributed by atoms with Crippen molar-refractivity contribution >= 4 is 11.8 Å². The summed E-state index contributed by atoms with van der Waals surface area (Å²) in [5.74, 6) is 2.77. The highest BCUT2D eigenvalue weighted by Gasteiger charge is 2.17. The Bertz CT molecular complexity index is 398. The minimum absolute atomic E-state index is 0.305. The molecule has 4 heteroatoms. The minimum Gasteiger partial charge on any atom is -0.497 e. The number of rotatable bonds is 9. The van der Waals surface area contributed by atoms with Crippen LogP contribution in [0.3, 0.4) is 0 Å². The Morgan fingerprint density at radius 2 is 1.95 bits per heavy atom. The Balaban J connectivity index is 2.89. The fourth-order valence-corrected chi connectivity index (χ4v) is 3.04. The SMILES string of the molecule is CCNC(CSC(C)CC)c1ccc(OC)cc1OC. The summed E-state index contributed by atoms with van der Waals surface area (Å²) in [6.45, 7) is 7.59. The normalized spacial score (nSPS) is 13.8. The van der Waals surface area contributed by atoms with Crippen molar-refractivity contribution in [1.82, 2.24) is 5.32 Å². The van der Waals surface area contributed by atoms with Crippen LogP contribution in [0, 0.1) is 0 Å². The molecule has 0 saturated carbocycles. The molecule has 0 aromatic heterocycles. The van der Waals surface area contributed by atoms with Crippen LogP contribution in [0.15, 0.2) is 18.2 Å². The first-order valence-electron chi connectivity index (χ1n) is 7.23. The maximum atomic E-state index is 5.52. The largest absolute Gasteiger partial charge is 0.497 e. The molecule has 0 aliphatic rings. The smallest absolute Gasteiger partial charge is 0.127 e. The highest BCUT2D eigenvalue weighted by atomic mass is 32.2. The van der Waals surface area contributed by atoms with Gasteiger partial charge in [0.15, 0.2) is 0 Å². The summed E-state index contributed by atoms with van der Waals surface area (Å²) in [6.07, 6.45) is 1.20. The molecule has 114 valence electrons. The maximum Gasteiger partial charge on any atom is 0.127 e. The average molecular weight is 297 g/mol. The molecule has 0 heterocycles. The second kappa shape index (κ2) is 9.14. The van der Waals surface area contributed by atoms with E-state index in [1.54, 1.807) is 14.2 Å². The molecule has 0 aliphatic carbocycles. The van der Waals surface area contributed by atoms with Crippen LogP contribution in [0.4, 0.5) is 0 Å². The first-order chi connectivity index (χ1) is 9.65. The van der Waals surface area contributed by atoms with Gasteiger partial charge in [-0.15, -0.1) is 0 Å². The third-order valence-electron chi connectivity index (χ3n) is 3.39. The molecular formula is C16H27NO2S. The fourth-order valence-electron chi connectivity index (χ4n) is 1.99. The van der Waals surface area contributed by atoms with E-state index in [1.807, 2.05) is 23.9 Å². The van der Waals surface area contributed by atoms with Crippen LogP contribution in [0.5, 0.6) is 11.5 Å². The van der Waals surface area contributed by atoms with Crippen LogP contribution in [0.2, 0.25) is 0 Å². The fraction of sp³-hybridized carbons (Fsp3) is 0.625.